The molecule has 2 aliphatic rings. The number of rotatable bonds is 6. The fraction of sp³-hybridized carbons (Fsp3) is 0.750. The summed E-state index contributed by atoms with van der Waals surface area (Å²) in [6.45, 7) is 7.66. The highest BCUT2D eigenvalue weighted by atomic mass is 16.3. The lowest BCUT2D eigenvalue weighted by Gasteiger charge is -2.38. The molecule has 20 heavy (non-hydrogen) atoms. The molecule has 1 atom stereocenters. The monoisotopic (exact) mass is 277 g/mol. The van der Waals surface area contributed by atoms with Gasteiger partial charge in [-0.1, -0.05) is 6.92 Å². The van der Waals surface area contributed by atoms with Gasteiger partial charge in [-0.25, -0.2) is 0 Å². The van der Waals surface area contributed by atoms with Crippen LogP contribution in [0.3, 0.4) is 0 Å². The van der Waals surface area contributed by atoms with Crippen LogP contribution in [0.1, 0.15) is 37.5 Å². The second-order valence-corrected chi connectivity index (χ2v) is 6.30. The van der Waals surface area contributed by atoms with Crippen LogP contribution in [-0.2, 0) is 13.1 Å². The minimum absolute atomic E-state index is 0.687. The molecule has 1 aliphatic carbocycles. The van der Waals surface area contributed by atoms with Crippen molar-refractivity contribution in [2.45, 2.75) is 51.4 Å². The van der Waals surface area contributed by atoms with E-state index in [0.29, 0.717) is 6.04 Å². The molecule has 0 amide bonds. The van der Waals surface area contributed by atoms with Crippen LogP contribution in [0.4, 0.5) is 0 Å². The molecule has 1 saturated carbocycles. The summed E-state index contributed by atoms with van der Waals surface area (Å²) in [5.74, 6) is 1.15. The van der Waals surface area contributed by atoms with Crippen molar-refractivity contribution >= 4 is 0 Å². The lowest BCUT2D eigenvalue weighted by atomic mass is 10.1. The largest absolute Gasteiger partial charge is 0.468 e. The van der Waals surface area contributed by atoms with Crippen molar-refractivity contribution in [2.75, 3.05) is 26.7 Å². The maximum Gasteiger partial charge on any atom is 0.122 e. The van der Waals surface area contributed by atoms with Crippen molar-refractivity contribution in [3.8, 4) is 0 Å². The van der Waals surface area contributed by atoms with Gasteiger partial charge in [-0.3, -0.25) is 4.90 Å². The van der Waals surface area contributed by atoms with Crippen molar-refractivity contribution in [3.63, 3.8) is 0 Å². The van der Waals surface area contributed by atoms with Crippen LogP contribution in [0, 0.1) is 0 Å². The van der Waals surface area contributed by atoms with Gasteiger partial charge in [0.25, 0.3) is 0 Å². The Hall–Kier alpha value is -0.840. The van der Waals surface area contributed by atoms with Gasteiger partial charge in [-0.15, -0.1) is 0 Å². The summed E-state index contributed by atoms with van der Waals surface area (Å²) < 4.78 is 5.72. The van der Waals surface area contributed by atoms with Gasteiger partial charge in [0.15, 0.2) is 0 Å². The predicted octanol–water partition coefficient (Wildman–Crippen LogP) is 2.06. The van der Waals surface area contributed by atoms with E-state index in [4.69, 9.17) is 4.42 Å². The summed E-state index contributed by atoms with van der Waals surface area (Å²) in [6, 6.07) is 3.57. The molecule has 1 aromatic heterocycles. The molecule has 2 fully saturated rings. The van der Waals surface area contributed by atoms with Crippen molar-refractivity contribution in [1.29, 1.82) is 0 Å². The summed E-state index contributed by atoms with van der Waals surface area (Å²) in [5, 5.41) is 3.58. The van der Waals surface area contributed by atoms with E-state index in [1.165, 1.54) is 24.8 Å². The summed E-state index contributed by atoms with van der Waals surface area (Å²) in [6.07, 6.45) is 5.74. The van der Waals surface area contributed by atoms with E-state index < -0.39 is 0 Å². The Kier molecular flexibility index (Phi) is 4.44. The molecule has 1 aliphatic heterocycles. The van der Waals surface area contributed by atoms with Gasteiger partial charge in [0, 0.05) is 43.8 Å². The minimum atomic E-state index is 0.687. The SMILES string of the molecule is CCC1CN(Cc2occc2CNC2CC2)CCN1C. The Balaban J connectivity index is 1.55. The number of hydrogen-bond donors (Lipinski definition) is 1. The van der Waals surface area contributed by atoms with Crippen LogP contribution in [0.5, 0.6) is 0 Å². The Morgan fingerprint density at radius 2 is 2.20 bits per heavy atom. The Morgan fingerprint density at radius 3 is 2.95 bits per heavy atom. The van der Waals surface area contributed by atoms with Gasteiger partial charge in [0.1, 0.15) is 5.76 Å². The van der Waals surface area contributed by atoms with Crippen LogP contribution >= 0.6 is 0 Å². The third-order valence-corrected chi connectivity index (χ3v) is 4.70. The number of likely N-dealkylation sites (N-methyl/N-ethyl adjacent to an activating group) is 1. The van der Waals surface area contributed by atoms with E-state index in [1.807, 2.05) is 6.26 Å². The summed E-state index contributed by atoms with van der Waals surface area (Å²) in [5.41, 5.74) is 1.34. The zero-order valence-electron chi connectivity index (χ0n) is 12.8. The molecule has 0 radical (unpaired) electrons. The zero-order valence-corrected chi connectivity index (χ0v) is 12.8. The van der Waals surface area contributed by atoms with Gasteiger partial charge < -0.3 is 14.6 Å². The van der Waals surface area contributed by atoms with Gasteiger partial charge in [0.2, 0.25) is 0 Å². The van der Waals surface area contributed by atoms with Gasteiger partial charge >= 0.3 is 0 Å². The molecule has 4 heteroatoms. The van der Waals surface area contributed by atoms with Crippen LogP contribution in [0.2, 0.25) is 0 Å². The molecule has 1 unspecified atom stereocenters. The molecule has 0 spiro atoms. The lowest BCUT2D eigenvalue weighted by Crippen LogP contribution is -2.50. The Bertz CT molecular complexity index is 427. The highest BCUT2D eigenvalue weighted by Crippen LogP contribution is 2.21. The quantitative estimate of drug-likeness (QED) is 0.862. The zero-order chi connectivity index (χ0) is 13.9. The molecule has 112 valence electrons. The molecule has 1 aromatic rings. The summed E-state index contributed by atoms with van der Waals surface area (Å²) in [7, 11) is 2.24. The molecule has 0 aromatic carbocycles. The molecular weight excluding hydrogens is 250 g/mol. The summed E-state index contributed by atoms with van der Waals surface area (Å²) >= 11 is 0. The van der Waals surface area contributed by atoms with Crippen molar-refractivity contribution in [3.05, 3.63) is 23.7 Å². The first kappa shape index (κ1) is 14.1. The smallest absolute Gasteiger partial charge is 0.122 e. The Labute approximate surface area is 122 Å². The van der Waals surface area contributed by atoms with E-state index in [9.17, 15) is 0 Å². The molecule has 1 N–H and O–H groups in total. The van der Waals surface area contributed by atoms with Gasteiger partial charge in [-0.05, 0) is 32.4 Å². The number of nitrogens with zero attached hydrogens (tertiary/aromatic N) is 2. The second-order valence-electron chi connectivity index (χ2n) is 6.30. The van der Waals surface area contributed by atoms with Crippen LogP contribution in [0.15, 0.2) is 16.7 Å². The topological polar surface area (TPSA) is 31.7 Å². The molecule has 0 bridgehead atoms. The summed E-state index contributed by atoms with van der Waals surface area (Å²) in [4.78, 5) is 5.02. The van der Waals surface area contributed by atoms with Crippen LogP contribution < -0.4 is 5.32 Å². The maximum absolute atomic E-state index is 5.72. The molecule has 3 rings (SSSR count). The first-order chi connectivity index (χ1) is 9.76. The lowest BCUT2D eigenvalue weighted by molar-refractivity contribution is 0.0833. The maximum atomic E-state index is 5.72. The van der Waals surface area contributed by atoms with E-state index >= 15 is 0 Å². The van der Waals surface area contributed by atoms with Gasteiger partial charge in [0.05, 0.1) is 12.8 Å². The number of piperazine rings is 1. The minimum Gasteiger partial charge on any atom is -0.468 e. The van der Waals surface area contributed by atoms with E-state index in [0.717, 1.165) is 44.5 Å². The number of nitrogens with one attached hydrogen (secondary N) is 1. The highest BCUT2D eigenvalue weighted by molar-refractivity contribution is 5.17. The van der Waals surface area contributed by atoms with Crippen LogP contribution in [0.25, 0.3) is 0 Å². The molecule has 1 saturated heterocycles. The molecule has 2 heterocycles. The number of hydrogen-bond acceptors (Lipinski definition) is 4. The average Bonchev–Trinajstić information content (AvgIpc) is 3.19. The normalized spacial score (nSPS) is 25.2. The van der Waals surface area contributed by atoms with Crippen molar-refractivity contribution in [1.82, 2.24) is 15.1 Å². The Morgan fingerprint density at radius 1 is 1.35 bits per heavy atom. The van der Waals surface area contributed by atoms with E-state index in [1.54, 1.807) is 0 Å². The predicted molar refractivity (Wildman–Crippen MR) is 80.6 cm³/mol. The molecule has 4 nitrogen and oxygen atoms in total. The second kappa shape index (κ2) is 6.29. The van der Waals surface area contributed by atoms with Crippen molar-refractivity contribution in [2.24, 2.45) is 0 Å². The average molecular weight is 277 g/mol. The third kappa shape index (κ3) is 3.43. The molecular formula is C16H27N3O. The van der Waals surface area contributed by atoms with Crippen LogP contribution in [-0.4, -0.2) is 48.6 Å². The van der Waals surface area contributed by atoms with E-state index in [2.05, 4.69) is 35.2 Å². The third-order valence-electron chi connectivity index (χ3n) is 4.70. The first-order valence-electron chi connectivity index (χ1n) is 7.97. The fourth-order valence-electron chi connectivity index (χ4n) is 3.00. The highest BCUT2D eigenvalue weighted by Gasteiger charge is 2.25. The van der Waals surface area contributed by atoms with E-state index in [-0.39, 0.29) is 0 Å². The number of furan rings is 1. The standard InChI is InChI=1S/C16H27N3O/c1-3-15-11-19(8-7-18(15)2)12-16-13(6-9-20-16)10-17-14-4-5-14/h6,9,14-15,17H,3-5,7-8,10-12H2,1-2H3. The first-order valence-corrected chi connectivity index (χ1v) is 7.97. The fourth-order valence-corrected chi connectivity index (χ4v) is 3.00. The van der Waals surface area contributed by atoms with Crippen molar-refractivity contribution < 1.29 is 4.42 Å². The van der Waals surface area contributed by atoms with Gasteiger partial charge in [-0.2, -0.15) is 0 Å².